The summed E-state index contributed by atoms with van der Waals surface area (Å²) in [5.41, 5.74) is 2.62. The van der Waals surface area contributed by atoms with Gasteiger partial charge < -0.3 is 24.4 Å². The van der Waals surface area contributed by atoms with Crippen molar-refractivity contribution in [3.63, 3.8) is 0 Å². The molecule has 0 aliphatic rings. The van der Waals surface area contributed by atoms with E-state index >= 15 is 0 Å². The summed E-state index contributed by atoms with van der Waals surface area (Å²) in [5.74, 6) is -0.248. The highest BCUT2D eigenvalue weighted by Crippen LogP contribution is 2.37. The average Bonchev–Trinajstić information content (AvgIpc) is 3.12. The number of hydrogen-bond acceptors (Lipinski definition) is 7. The number of benzene rings is 4. The summed E-state index contributed by atoms with van der Waals surface area (Å²) in [6.07, 6.45) is 1.85. The van der Waals surface area contributed by atoms with Gasteiger partial charge in [0, 0.05) is 30.6 Å². The Morgan fingerprint density at radius 3 is 2.16 bits per heavy atom. The third-order valence-electron chi connectivity index (χ3n) is 8.33. The van der Waals surface area contributed by atoms with E-state index in [9.17, 15) is 18.0 Å². The quantitative estimate of drug-likeness (QED) is 0.125. The Kier molecular flexibility index (Phi) is 13.5. The lowest BCUT2D eigenvalue weighted by Gasteiger charge is -2.34. The molecule has 4 aromatic carbocycles. The normalized spacial score (nSPS) is 11.7. The van der Waals surface area contributed by atoms with Gasteiger partial charge in [0.05, 0.1) is 31.9 Å². The maximum absolute atomic E-state index is 14.8. The van der Waals surface area contributed by atoms with E-state index in [1.54, 1.807) is 6.07 Å². The number of nitrogens with one attached hydrogen (secondary N) is 1. The minimum atomic E-state index is -4.48. The van der Waals surface area contributed by atoms with Crippen LogP contribution in [0.2, 0.25) is 5.02 Å². The number of rotatable bonds is 17. The molecule has 4 aromatic rings. The first-order valence-electron chi connectivity index (χ1n) is 16.3. The van der Waals surface area contributed by atoms with Crippen LogP contribution in [-0.2, 0) is 32.6 Å². The van der Waals surface area contributed by atoms with Crippen LogP contribution in [0.1, 0.15) is 36.5 Å². The smallest absolute Gasteiger partial charge is 0.265 e. The number of methoxy groups -OCH3 is 3. The van der Waals surface area contributed by atoms with Crippen molar-refractivity contribution >= 4 is 39.1 Å². The maximum atomic E-state index is 14.8. The zero-order chi connectivity index (χ0) is 36.3. The molecular weight excluding hydrogens is 678 g/mol. The van der Waals surface area contributed by atoms with Crippen LogP contribution in [0.5, 0.6) is 17.2 Å². The molecule has 0 radical (unpaired) electrons. The lowest BCUT2D eigenvalue weighted by atomic mass is 10.0. The molecule has 10 nitrogen and oxygen atoms in total. The molecule has 0 fully saturated rings. The number of unbranched alkanes of at least 4 members (excludes halogenated alkanes) is 1. The third-order valence-corrected chi connectivity index (χ3v) is 10.3. The summed E-state index contributed by atoms with van der Waals surface area (Å²) in [6, 6.07) is 24.7. The van der Waals surface area contributed by atoms with Gasteiger partial charge in [0.25, 0.3) is 10.0 Å². The fraction of sp³-hybridized carbons (Fsp3) is 0.316. The van der Waals surface area contributed by atoms with Gasteiger partial charge in [-0.2, -0.15) is 0 Å². The number of amides is 2. The molecule has 4 rings (SSSR count). The highest BCUT2D eigenvalue weighted by atomic mass is 35.5. The molecule has 2 amide bonds. The molecule has 1 atom stereocenters. The minimum absolute atomic E-state index is 0.0472. The number of carbonyl (C=O) groups is 2. The molecule has 0 spiro atoms. The van der Waals surface area contributed by atoms with Gasteiger partial charge in [-0.3, -0.25) is 13.9 Å². The van der Waals surface area contributed by atoms with Crippen LogP contribution in [-0.4, -0.2) is 65.6 Å². The molecule has 0 saturated heterocycles. The number of sulfonamides is 1. The Balaban J connectivity index is 1.88. The first-order chi connectivity index (χ1) is 24.0. The van der Waals surface area contributed by atoms with Crippen LogP contribution in [0.3, 0.4) is 0 Å². The second-order valence-corrected chi connectivity index (χ2v) is 13.9. The highest BCUT2D eigenvalue weighted by Gasteiger charge is 2.36. The van der Waals surface area contributed by atoms with Gasteiger partial charge in [-0.15, -0.1) is 0 Å². The van der Waals surface area contributed by atoms with Crippen molar-refractivity contribution in [2.24, 2.45) is 0 Å². The second-order valence-electron chi connectivity index (χ2n) is 11.6. The van der Waals surface area contributed by atoms with Crippen LogP contribution in [0, 0.1) is 6.92 Å². The molecule has 0 saturated carbocycles. The van der Waals surface area contributed by atoms with Gasteiger partial charge in [-0.25, -0.2) is 8.42 Å². The topological polar surface area (TPSA) is 114 Å². The Morgan fingerprint density at radius 1 is 0.840 bits per heavy atom. The van der Waals surface area contributed by atoms with Crippen molar-refractivity contribution in [2.75, 3.05) is 38.7 Å². The van der Waals surface area contributed by atoms with Crippen molar-refractivity contribution in [3.8, 4) is 17.2 Å². The summed E-state index contributed by atoms with van der Waals surface area (Å²) in [4.78, 5) is 30.1. The SMILES string of the molecule is CCCCNC(=O)[C@@H](Cc1ccccc1)N(Cc1ccccc1C)C(=O)CN(c1cc(Cl)ccc1OC)S(=O)(=O)c1ccc(OC)c(OC)c1. The van der Waals surface area contributed by atoms with Crippen molar-refractivity contribution in [3.05, 3.63) is 113 Å². The van der Waals surface area contributed by atoms with Gasteiger partial charge >= 0.3 is 0 Å². The van der Waals surface area contributed by atoms with E-state index in [0.717, 1.165) is 33.8 Å². The van der Waals surface area contributed by atoms with Crippen molar-refractivity contribution in [1.82, 2.24) is 10.2 Å². The van der Waals surface area contributed by atoms with Crippen molar-refractivity contribution in [2.45, 2.75) is 50.6 Å². The van der Waals surface area contributed by atoms with Gasteiger partial charge in [-0.05, 0) is 60.4 Å². The lowest BCUT2D eigenvalue weighted by Crippen LogP contribution is -2.53. The first-order valence-corrected chi connectivity index (χ1v) is 18.1. The van der Waals surface area contributed by atoms with Crippen LogP contribution >= 0.6 is 11.6 Å². The maximum Gasteiger partial charge on any atom is 0.265 e. The molecule has 50 heavy (non-hydrogen) atoms. The zero-order valence-electron chi connectivity index (χ0n) is 29.0. The number of halogens is 1. The summed E-state index contributed by atoms with van der Waals surface area (Å²) in [6.45, 7) is 3.77. The van der Waals surface area contributed by atoms with Crippen LogP contribution in [0.4, 0.5) is 5.69 Å². The van der Waals surface area contributed by atoms with E-state index < -0.39 is 28.5 Å². The molecule has 0 bridgehead atoms. The average molecular weight is 722 g/mol. The second kappa shape index (κ2) is 17.8. The van der Waals surface area contributed by atoms with Gasteiger partial charge in [0.2, 0.25) is 11.8 Å². The molecular formula is C38H44ClN3O7S. The number of carbonyl (C=O) groups excluding carboxylic acids is 2. The van der Waals surface area contributed by atoms with Crippen LogP contribution < -0.4 is 23.8 Å². The Bertz CT molecular complexity index is 1870. The number of nitrogens with zero attached hydrogens (tertiary/aromatic N) is 2. The van der Waals surface area contributed by atoms with Crippen molar-refractivity contribution < 1.29 is 32.2 Å². The molecule has 266 valence electrons. The largest absolute Gasteiger partial charge is 0.495 e. The Hall–Kier alpha value is -4.74. The molecule has 1 N–H and O–H groups in total. The molecule has 0 heterocycles. The van der Waals surface area contributed by atoms with Gasteiger partial charge in [0.15, 0.2) is 11.5 Å². The summed E-state index contributed by atoms with van der Waals surface area (Å²) >= 11 is 6.41. The third kappa shape index (κ3) is 9.28. The minimum Gasteiger partial charge on any atom is -0.495 e. The van der Waals surface area contributed by atoms with Gasteiger partial charge in [0.1, 0.15) is 18.3 Å². The summed E-state index contributed by atoms with van der Waals surface area (Å²) in [7, 11) is -0.237. The Labute approximate surface area is 300 Å². The fourth-order valence-corrected chi connectivity index (χ4v) is 7.11. The predicted molar refractivity (Wildman–Crippen MR) is 196 cm³/mol. The standard InChI is InChI=1S/C38H44ClN3O7S/c1-6-7-21-40-38(44)33(22-28-14-9-8-10-15-28)41(25-29-16-12-11-13-27(29)2)37(43)26-42(32-23-30(39)17-19-34(32)47-3)50(45,46)31-18-20-35(48-4)36(24-31)49-5/h8-20,23-24,33H,6-7,21-22,25-26H2,1-5H3,(H,40,44)/t33-/m1/s1. The molecule has 0 aromatic heterocycles. The molecule has 12 heteroatoms. The number of ether oxygens (including phenoxy) is 3. The summed E-state index contributed by atoms with van der Waals surface area (Å²) in [5, 5.41) is 3.23. The highest BCUT2D eigenvalue weighted by molar-refractivity contribution is 7.92. The van der Waals surface area contributed by atoms with Gasteiger partial charge in [-0.1, -0.05) is 79.5 Å². The van der Waals surface area contributed by atoms with E-state index in [1.807, 2.05) is 68.4 Å². The first kappa shape index (κ1) is 38.1. The zero-order valence-corrected chi connectivity index (χ0v) is 30.6. The molecule has 0 aliphatic carbocycles. The number of aryl methyl sites for hydroxylation is 1. The van der Waals surface area contributed by atoms with Crippen LogP contribution in [0.15, 0.2) is 95.9 Å². The van der Waals surface area contributed by atoms with E-state index in [-0.39, 0.29) is 46.0 Å². The van der Waals surface area contributed by atoms with E-state index in [2.05, 4.69) is 5.32 Å². The van der Waals surface area contributed by atoms with Crippen LogP contribution in [0.25, 0.3) is 0 Å². The lowest BCUT2D eigenvalue weighted by molar-refractivity contribution is -0.140. The van der Waals surface area contributed by atoms with E-state index in [4.69, 9.17) is 25.8 Å². The Morgan fingerprint density at radius 2 is 1.50 bits per heavy atom. The number of anilines is 1. The molecule has 0 unspecified atom stereocenters. The summed E-state index contributed by atoms with van der Waals surface area (Å²) < 4.78 is 46.5. The van der Waals surface area contributed by atoms with E-state index in [0.29, 0.717) is 12.3 Å². The number of hydrogen-bond donors (Lipinski definition) is 1. The predicted octanol–water partition coefficient (Wildman–Crippen LogP) is 6.43. The van der Waals surface area contributed by atoms with Crippen molar-refractivity contribution in [1.29, 1.82) is 0 Å². The fourth-order valence-electron chi connectivity index (χ4n) is 5.51. The monoisotopic (exact) mass is 721 g/mol. The van der Waals surface area contributed by atoms with E-state index in [1.165, 1.54) is 56.6 Å². The molecule has 0 aliphatic heterocycles.